The van der Waals surface area contributed by atoms with Crippen LogP contribution in [0.4, 0.5) is 0 Å². The molecule has 0 aliphatic heterocycles. The first-order valence-electron chi connectivity index (χ1n) is 6.92. The molecule has 110 valence electrons. The van der Waals surface area contributed by atoms with Crippen LogP contribution in [0, 0.1) is 11.3 Å². The normalized spacial score (nSPS) is 13.4. The Morgan fingerprint density at radius 2 is 2.05 bits per heavy atom. The zero-order chi connectivity index (χ0) is 15.5. The predicted octanol–water partition coefficient (Wildman–Crippen LogP) is 2.65. The van der Waals surface area contributed by atoms with E-state index in [1.807, 2.05) is 6.07 Å². The molecule has 1 N–H and O–H groups in total. The lowest BCUT2D eigenvalue weighted by Crippen LogP contribution is -2.00. The summed E-state index contributed by atoms with van der Waals surface area (Å²) in [5, 5.41) is 17.8. The third-order valence-corrected chi connectivity index (χ3v) is 3.28. The lowest BCUT2D eigenvalue weighted by molar-refractivity contribution is -0.136. The van der Waals surface area contributed by atoms with Gasteiger partial charge in [0, 0.05) is 12.0 Å². The lowest BCUT2D eigenvalue weighted by atomic mass is 10.1. The molecule has 3 rings (SSSR count). The summed E-state index contributed by atoms with van der Waals surface area (Å²) in [6.45, 7) is 0. The van der Waals surface area contributed by atoms with Crippen LogP contribution in [-0.2, 0) is 11.2 Å². The van der Waals surface area contributed by atoms with Crippen LogP contribution in [0.3, 0.4) is 0 Å². The number of benzene rings is 1. The number of rotatable bonds is 5. The maximum Gasteiger partial charge on any atom is 0.307 e. The highest BCUT2D eigenvalue weighted by Gasteiger charge is 2.27. The van der Waals surface area contributed by atoms with Gasteiger partial charge in [0.25, 0.3) is 0 Å². The highest BCUT2D eigenvalue weighted by molar-refractivity contribution is 5.70. The first-order valence-corrected chi connectivity index (χ1v) is 6.92. The van der Waals surface area contributed by atoms with E-state index in [9.17, 15) is 4.79 Å². The minimum Gasteiger partial charge on any atom is -0.481 e. The van der Waals surface area contributed by atoms with Gasteiger partial charge in [-0.25, -0.2) is 4.98 Å². The molecule has 1 aliphatic carbocycles. The smallest absolute Gasteiger partial charge is 0.307 e. The summed E-state index contributed by atoms with van der Waals surface area (Å²) < 4.78 is 5.65. The van der Waals surface area contributed by atoms with Crippen molar-refractivity contribution in [3.63, 3.8) is 0 Å². The number of hydrogen-bond donors (Lipinski definition) is 1. The van der Waals surface area contributed by atoms with E-state index >= 15 is 0 Å². The van der Waals surface area contributed by atoms with E-state index in [0.717, 1.165) is 12.8 Å². The molecule has 6 heteroatoms. The predicted molar refractivity (Wildman–Crippen MR) is 76.6 cm³/mol. The Bertz CT molecular complexity index is 746. The molecule has 1 aromatic carbocycles. The van der Waals surface area contributed by atoms with Gasteiger partial charge in [0.2, 0.25) is 5.88 Å². The van der Waals surface area contributed by atoms with Gasteiger partial charge in [-0.3, -0.25) is 4.79 Å². The molecule has 1 saturated carbocycles. The van der Waals surface area contributed by atoms with Crippen molar-refractivity contribution >= 4 is 5.97 Å². The van der Waals surface area contributed by atoms with Crippen molar-refractivity contribution in [2.75, 3.05) is 0 Å². The second-order valence-electron chi connectivity index (χ2n) is 5.15. The molecule has 1 aliphatic rings. The summed E-state index contributed by atoms with van der Waals surface area (Å²) in [6.07, 6.45) is 2.05. The molecule has 0 unspecified atom stereocenters. The van der Waals surface area contributed by atoms with Gasteiger partial charge in [-0.15, -0.1) is 0 Å². The van der Waals surface area contributed by atoms with E-state index in [1.54, 1.807) is 24.3 Å². The van der Waals surface area contributed by atoms with Gasteiger partial charge in [0.05, 0.1) is 6.42 Å². The van der Waals surface area contributed by atoms with Crippen LogP contribution in [-0.4, -0.2) is 21.0 Å². The molecule has 6 nitrogen and oxygen atoms in total. The number of carboxylic acids is 1. The molecular weight excluding hydrogens is 282 g/mol. The first-order chi connectivity index (χ1) is 10.6. The standard InChI is InChI=1S/C16H13N3O3/c17-9-12-8-14(19-16(18-12)11-3-4-11)22-13-5-1-10(2-6-13)7-15(20)21/h1-2,5-6,8,11H,3-4,7H2,(H,20,21). The Kier molecular flexibility index (Phi) is 3.71. The van der Waals surface area contributed by atoms with Gasteiger partial charge < -0.3 is 9.84 Å². The Labute approximate surface area is 127 Å². The van der Waals surface area contributed by atoms with Crippen LogP contribution < -0.4 is 4.74 Å². The summed E-state index contributed by atoms with van der Waals surface area (Å²) in [5.74, 6) is 0.972. The molecule has 0 saturated heterocycles. The summed E-state index contributed by atoms with van der Waals surface area (Å²) >= 11 is 0. The Hall–Kier alpha value is -2.94. The van der Waals surface area contributed by atoms with Crippen LogP contribution in [0.5, 0.6) is 11.6 Å². The highest BCUT2D eigenvalue weighted by Crippen LogP contribution is 2.38. The summed E-state index contributed by atoms with van der Waals surface area (Å²) in [7, 11) is 0. The third-order valence-electron chi connectivity index (χ3n) is 3.28. The average molecular weight is 295 g/mol. The van der Waals surface area contributed by atoms with E-state index in [4.69, 9.17) is 15.1 Å². The van der Waals surface area contributed by atoms with E-state index in [1.165, 1.54) is 6.07 Å². The van der Waals surface area contributed by atoms with Crippen LogP contribution >= 0.6 is 0 Å². The van der Waals surface area contributed by atoms with E-state index < -0.39 is 5.97 Å². The summed E-state index contributed by atoms with van der Waals surface area (Å²) in [5.41, 5.74) is 0.980. The largest absolute Gasteiger partial charge is 0.481 e. The fourth-order valence-electron chi connectivity index (χ4n) is 2.05. The molecule has 1 heterocycles. The molecule has 0 atom stereocenters. The molecule has 1 aromatic heterocycles. The molecule has 1 fully saturated rings. The Balaban J connectivity index is 1.79. The highest BCUT2D eigenvalue weighted by atomic mass is 16.5. The van der Waals surface area contributed by atoms with Crippen LogP contribution in [0.15, 0.2) is 30.3 Å². The van der Waals surface area contributed by atoms with E-state index in [-0.39, 0.29) is 12.1 Å². The molecule has 0 radical (unpaired) electrons. The second kappa shape index (κ2) is 5.82. The number of hydrogen-bond acceptors (Lipinski definition) is 5. The Morgan fingerprint density at radius 3 is 2.64 bits per heavy atom. The number of aromatic nitrogens is 2. The maximum atomic E-state index is 10.6. The summed E-state index contributed by atoms with van der Waals surface area (Å²) in [4.78, 5) is 19.2. The quantitative estimate of drug-likeness (QED) is 0.910. The average Bonchev–Trinajstić information content (AvgIpc) is 3.33. The van der Waals surface area contributed by atoms with Crippen molar-refractivity contribution in [2.45, 2.75) is 25.2 Å². The number of aliphatic carboxylic acids is 1. The molecule has 2 aromatic rings. The first kappa shape index (κ1) is 14.0. The Morgan fingerprint density at radius 1 is 1.32 bits per heavy atom. The van der Waals surface area contributed by atoms with Crippen molar-refractivity contribution < 1.29 is 14.6 Å². The fraction of sp³-hybridized carbons (Fsp3) is 0.250. The molecule has 0 spiro atoms. The number of nitriles is 1. The lowest BCUT2D eigenvalue weighted by Gasteiger charge is -2.07. The number of nitrogens with zero attached hydrogens (tertiary/aromatic N) is 3. The van der Waals surface area contributed by atoms with Crippen LogP contribution in [0.25, 0.3) is 0 Å². The van der Waals surface area contributed by atoms with Gasteiger partial charge in [-0.2, -0.15) is 10.2 Å². The van der Waals surface area contributed by atoms with Crippen LogP contribution in [0.1, 0.15) is 35.8 Å². The molecule has 0 amide bonds. The molecule has 0 bridgehead atoms. The minimum atomic E-state index is -0.878. The van der Waals surface area contributed by atoms with Crippen molar-refractivity contribution in [3.8, 4) is 17.7 Å². The zero-order valence-electron chi connectivity index (χ0n) is 11.7. The van der Waals surface area contributed by atoms with Crippen LogP contribution in [0.2, 0.25) is 0 Å². The van der Waals surface area contributed by atoms with Gasteiger partial charge in [0.1, 0.15) is 23.3 Å². The number of carboxylic acid groups (broad SMARTS) is 1. The monoisotopic (exact) mass is 295 g/mol. The van der Waals surface area contributed by atoms with E-state index in [2.05, 4.69) is 9.97 Å². The SMILES string of the molecule is N#Cc1cc(Oc2ccc(CC(=O)O)cc2)nc(C2CC2)n1. The molecule has 22 heavy (non-hydrogen) atoms. The number of ether oxygens (including phenoxy) is 1. The van der Waals surface area contributed by atoms with Crippen molar-refractivity contribution in [3.05, 3.63) is 47.4 Å². The zero-order valence-corrected chi connectivity index (χ0v) is 11.7. The van der Waals surface area contributed by atoms with Crippen molar-refractivity contribution in [1.29, 1.82) is 5.26 Å². The van der Waals surface area contributed by atoms with Gasteiger partial charge >= 0.3 is 5.97 Å². The topological polar surface area (TPSA) is 96.1 Å². The maximum absolute atomic E-state index is 10.6. The van der Waals surface area contributed by atoms with Gasteiger partial charge in [0.15, 0.2) is 0 Å². The fourth-order valence-corrected chi connectivity index (χ4v) is 2.05. The van der Waals surface area contributed by atoms with Crippen molar-refractivity contribution in [2.24, 2.45) is 0 Å². The minimum absolute atomic E-state index is 0.0296. The second-order valence-corrected chi connectivity index (χ2v) is 5.15. The number of carbonyl (C=O) groups is 1. The van der Waals surface area contributed by atoms with Crippen molar-refractivity contribution in [1.82, 2.24) is 9.97 Å². The van der Waals surface area contributed by atoms with E-state index in [0.29, 0.717) is 28.9 Å². The van der Waals surface area contributed by atoms with Gasteiger partial charge in [-0.1, -0.05) is 12.1 Å². The summed E-state index contributed by atoms with van der Waals surface area (Å²) in [6, 6.07) is 10.3. The molecular formula is C16H13N3O3. The van der Waals surface area contributed by atoms with Gasteiger partial charge in [-0.05, 0) is 30.5 Å². The third kappa shape index (κ3) is 3.38.